The van der Waals surface area contributed by atoms with Gasteiger partial charge in [0.05, 0.1) is 0 Å². The Morgan fingerprint density at radius 1 is 1.40 bits per heavy atom. The summed E-state index contributed by atoms with van der Waals surface area (Å²) in [4.78, 5) is 17.5. The zero-order valence-electron chi connectivity index (χ0n) is 13.8. The maximum absolute atomic E-state index is 13.7. The number of carbonyl (C=O) groups excluding carboxylic acids is 1. The van der Waals surface area contributed by atoms with Gasteiger partial charge in [-0.15, -0.1) is 11.3 Å². The standard InChI is InChI=1S/C17H19F2N3O2S/c1-24-17(4-6-20-7-5-17)15(23)22-16-21-10-13(25-16)8-11-2-3-12(18)9-14(11)19/h2-3,9-10,20H,4-8H2,1H3,(H,21,22,23). The number of nitrogens with zero attached hydrogens (tertiary/aromatic N) is 1. The van der Waals surface area contributed by atoms with Crippen molar-refractivity contribution in [1.29, 1.82) is 0 Å². The molecule has 1 fully saturated rings. The second-order valence-corrected chi connectivity index (χ2v) is 7.06. The lowest BCUT2D eigenvalue weighted by molar-refractivity contribution is -0.140. The Kier molecular flexibility index (Phi) is 5.41. The molecule has 1 aliphatic rings. The van der Waals surface area contributed by atoms with Crippen LogP contribution in [-0.4, -0.2) is 36.7 Å². The van der Waals surface area contributed by atoms with Crippen LogP contribution in [0.1, 0.15) is 23.3 Å². The number of hydrogen-bond acceptors (Lipinski definition) is 5. The summed E-state index contributed by atoms with van der Waals surface area (Å²) in [5, 5.41) is 6.44. The summed E-state index contributed by atoms with van der Waals surface area (Å²) < 4.78 is 32.2. The molecule has 0 atom stereocenters. The minimum atomic E-state index is -0.847. The van der Waals surface area contributed by atoms with Gasteiger partial charge in [-0.05, 0) is 37.6 Å². The van der Waals surface area contributed by atoms with Crippen LogP contribution in [0, 0.1) is 11.6 Å². The second-order valence-electron chi connectivity index (χ2n) is 5.95. The highest BCUT2D eigenvalue weighted by molar-refractivity contribution is 7.15. The molecule has 0 aliphatic carbocycles. The summed E-state index contributed by atoms with van der Waals surface area (Å²) in [6.45, 7) is 1.43. The number of amides is 1. The number of anilines is 1. The Morgan fingerprint density at radius 3 is 2.84 bits per heavy atom. The lowest BCUT2D eigenvalue weighted by Gasteiger charge is -2.34. The molecular weight excluding hydrogens is 348 g/mol. The average Bonchev–Trinajstić information content (AvgIpc) is 3.05. The third-order valence-electron chi connectivity index (χ3n) is 4.37. The molecule has 0 spiro atoms. The van der Waals surface area contributed by atoms with Crippen LogP contribution in [0.15, 0.2) is 24.4 Å². The van der Waals surface area contributed by atoms with E-state index < -0.39 is 17.2 Å². The van der Waals surface area contributed by atoms with Gasteiger partial charge in [0, 0.05) is 30.7 Å². The normalized spacial score (nSPS) is 16.6. The van der Waals surface area contributed by atoms with Crippen LogP contribution in [0.5, 0.6) is 0 Å². The van der Waals surface area contributed by atoms with Crippen LogP contribution in [0.2, 0.25) is 0 Å². The first-order valence-corrected chi connectivity index (χ1v) is 8.80. The largest absolute Gasteiger partial charge is 0.368 e. The summed E-state index contributed by atoms with van der Waals surface area (Å²) in [6.07, 6.45) is 3.06. The Morgan fingerprint density at radius 2 is 2.16 bits per heavy atom. The van der Waals surface area contributed by atoms with E-state index in [0.717, 1.165) is 10.9 Å². The number of nitrogens with one attached hydrogen (secondary N) is 2. The highest BCUT2D eigenvalue weighted by Crippen LogP contribution is 2.27. The quantitative estimate of drug-likeness (QED) is 0.853. The van der Waals surface area contributed by atoms with Crippen molar-refractivity contribution in [2.75, 3.05) is 25.5 Å². The molecule has 1 aromatic carbocycles. The van der Waals surface area contributed by atoms with Gasteiger partial charge in [-0.25, -0.2) is 13.8 Å². The van der Waals surface area contributed by atoms with Crippen molar-refractivity contribution in [3.05, 3.63) is 46.5 Å². The predicted octanol–water partition coefficient (Wildman–Crippen LogP) is 2.72. The van der Waals surface area contributed by atoms with Crippen molar-refractivity contribution in [2.24, 2.45) is 0 Å². The van der Waals surface area contributed by atoms with Crippen molar-refractivity contribution in [1.82, 2.24) is 10.3 Å². The van der Waals surface area contributed by atoms with Gasteiger partial charge in [0.25, 0.3) is 5.91 Å². The van der Waals surface area contributed by atoms with Crippen LogP contribution >= 0.6 is 11.3 Å². The minimum Gasteiger partial charge on any atom is -0.368 e. The van der Waals surface area contributed by atoms with Crippen LogP contribution < -0.4 is 10.6 Å². The number of hydrogen-bond donors (Lipinski definition) is 2. The molecule has 2 heterocycles. The van der Waals surface area contributed by atoms with E-state index in [1.807, 2.05) is 0 Å². The highest BCUT2D eigenvalue weighted by atomic mass is 32.1. The molecule has 0 bridgehead atoms. The topological polar surface area (TPSA) is 63.2 Å². The van der Waals surface area contributed by atoms with Gasteiger partial charge >= 0.3 is 0 Å². The molecule has 0 saturated carbocycles. The summed E-state index contributed by atoms with van der Waals surface area (Å²) in [5.74, 6) is -1.41. The number of methoxy groups -OCH3 is 1. The zero-order valence-corrected chi connectivity index (χ0v) is 14.6. The van der Waals surface area contributed by atoms with E-state index >= 15 is 0 Å². The van der Waals surface area contributed by atoms with Gasteiger partial charge in [0.1, 0.15) is 17.2 Å². The third-order valence-corrected chi connectivity index (χ3v) is 5.28. The number of carbonyl (C=O) groups is 1. The lowest BCUT2D eigenvalue weighted by Crippen LogP contribution is -2.51. The van der Waals surface area contributed by atoms with E-state index in [4.69, 9.17) is 4.74 Å². The molecule has 1 aromatic heterocycles. The molecule has 25 heavy (non-hydrogen) atoms. The van der Waals surface area contributed by atoms with Gasteiger partial charge in [-0.3, -0.25) is 10.1 Å². The number of piperidine rings is 1. The van der Waals surface area contributed by atoms with Gasteiger partial charge in [-0.2, -0.15) is 0 Å². The highest BCUT2D eigenvalue weighted by Gasteiger charge is 2.40. The second kappa shape index (κ2) is 7.55. The van der Waals surface area contributed by atoms with E-state index in [2.05, 4.69) is 15.6 Å². The van der Waals surface area contributed by atoms with Crippen molar-refractivity contribution in [3.63, 3.8) is 0 Å². The molecule has 3 rings (SSSR count). The summed E-state index contributed by atoms with van der Waals surface area (Å²) in [7, 11) is 1.54. The van der Waals surface area contributed by atoms with Crippen LogP contribution in [0.25, 0.3) is 0 Å². The predicted molar refractivity (Wildman–Crippen MR) is 91.8 cm³/mol. The maximum Gasteiger partial charge on any atom is 0.258 e. The Balaban J connectivity index is 1.68. The number of thiazole rings is 1. The maximum atomic E-state index is 13.7. The number of halogens is 2. The SMILES string of the molecule is COC1(C(=O)Nc2ncc(Cc3ccc(F)cc3F)s2)CCNCC1. The Bertz CT molecular complexity index is 760. The fraction of sp³-hybridized carbons (Fsp3) is 0.412. The average molecular weight is 367 g/mol. The van der Waals surface area contributed by atoms with Crippen molar-refractivity contribution in [3.8, 4) is 0 Å². The molecule has 8 heteroatoms. The molecule has 1 amide bonds. The smallest absolute Gasteiger partial charge is 0.258 e. The first-order chi connectivity index (χ1) is 12.0. The van der Waals surface area contributed by atoms with Crippen LogP contribution in [-0.2, 0) is 16.0 Å². The summed E-state index contributed by atoms with van der Waals surface area (Å²) in [5.41, 5.74) is -0.463. The minimum absolute atomic E-state index is 0.217. The molecule has 2 aromatic rings. The number of aromatic nitrogens is 1. The first-order valence-electron chi connectivity index (χ1n) is 7.98. The van der Waals surface area contributed by atoms with Crippen molar-refractivity contribution < 1.29 is 18.3 Å². The number of ether oxygens (including phenoxy) is 1. The molecule has 134 valence electrons. The zero-order chi connectivity index (χ0) is 17.9. The molecule has 0 unspecified atom stereocenters. The van der Waals surface area contributed by atoms with Gasteiger partial charge < -0.3 is 10.1 Å². The lowest BCUT2D eigenvalue weighted by atomic mass is 9.91. The van der Waals surface area contributed by atoms with E-state index in [9.17, 15) is 13.6 Å². The molecule has 1 aliphatic heterocycles. The van der Waals surface area contributed by atoms with Crippen LogP contribution in [0.3, 0.4) is 0 Å². The first kappa shape index (κ1) is 17.9. The number of rotatable bonds is 5. The van der Waals surface area contributed by atoms with Crippen LogP contribution in [0.4, 0.5) is 13.9 Å². The van der Waals surface area contributed by atoms with Crippen molar-refractivity contribution >= 4 is 22.4 Å². The Hall–Kier alpha value is -1.90. The van der Waals surface area contributed by atoms with Gasteiger partial charge in [0.15, 0.2) is 5.13 Å². The van der Waals surface area contributed by atoms with E-state index in [1.54, 1.807) is 6.20 Å². The number of benzene rings is 1. The third kappa shape index (κ3) is 4.02. The van der Waals surface area contributed by atoms with E-state index in [-0.39, 0.29) is 5.91 Å². The van der Waals surface area contributed by atoms with E-state index in [0.29, 0.717) is 43.0 Å². The summed E-state index contributed by atoms with van der Waals surface area (Å²) >= 11 is 1.27. The van der Waals surface area contributed by atoms with Gasteiger partial charge in [-0.1, -0.05) is 6.07 Å². The fourth-order valence-corrected chi connectivity index (χ4v) is 3.70. The van der Waals surface area contributed by atoms with Crippen molar-refractivity contribution in [2.45, 2.75) is 24.9 Å². The van der Waals surface area contributed by atoms with Gasteiger partial charge in [0.2, 0.25) is 0 Å². The molecule has 2 N–H and O–H groups in total. The molecule has 1 saturated heterocycles. The molecule has 0 radical (unpaired) electrons. The van der Waals surface area contributed by atoms with E-state index in [1.165, 1.54) is 30.6 Å². The molecular formula is C17H19F2N3O2S. The molecule has 5 nitrogen and oxygen atoms in total. The summed E-state index contributed by atoms with van der Waals surface area (Å²) in [6, 6.07) is 3.50. The fourth-order valence-electron chi connectivity index (χ4n) is 2.87. The Labute approximate surface area is 148 Å². The monoisotopic (exact) mass is 367 g/mol.